The van der Waals surface area contributed by atoms with Gasteiger partial charge in [-0.05, 0) is 17.7 Å². The molecule has 0 saturated carbocycles. The first-order chi connectivity index (χ1) is 9.45. The van der Waals surface area contributed by atoms with E-state index in [0.29, 0.717) is 5.56 Å². The molecule has 2 atom stereocenters. The van der Waals surface area contributed by atoms with Gasteiger partial charge in [-0.2, -0.15) is 0 Å². The Morgan fingerprint density at radius 1 is 1.30 bits per heavy atom. The van der Waals surface area contributed by atoms with Gasteiger partial charge in [-0.1, -0.05) is 12.1 Å². The molecule has 0 radical (unpaired) electrons. The lowest BCUT2D eigenvalue weighted by Gasteiger charge is -2.14. The number of aliphatic hydroxyl groups is 2. The minimum atomic E-state index is -1.81. The molecule has 2 rings (SSSR count). The van der Waals surface area contributed by atoms with Crippen LogP contribution in [0.2, 0.25) is 0 Å². The van der Waals surface area contributed by atoms with Gasteiger partial charge in [-0.25, -0.2) is 9.59 Å². The fraction of sp³-hybridized carbons (Fsp3) is 0.231. The van der Waals surface area contributed by atoms with Crippen molar-refractivity contribution in [1.29, 1.82) is 0 Å². The van der Waals surface area contributed by atoms with Crippen molar-refractivity contribution >= 4 is 17.5 Å². The van der Waals surface area contributed by atoms with Crippen LogP contribution in [-0.2, 0) is 19.1 Å². The zero-order valence-corrected chi connectivity index (χ0v) is 10.4. The Hall–Kier alpha value is -2.54. The van der Waals surface area contributed by atoms with E-state index in [2.05, 4.69) is 4.74 Å². The van der Waals surface area contributed by atoms with Crippen molar-refractivity contribution in [3.8, 4) is 5.75 Å². The summed E-state index contributed by atoms with van der Waals surface area (Å²) in [6.07, 6.45) is -3.31. The summed E-state index contributed by atoms with van der Waals surface area (Å²) < 4.78 is 9.10. The molecule has 3 N–H and O–H groups in total. The minimum absolute atomic E-state index is 0.00801. The quantitative estimate of drug-likeness (QED) is 0.674. The van der Waals surface area contributed by atoms with Crippen LogP contribution in [0.5, 0.6) is 5.75 Å². The van der Waals surface area contributed by atoms with Crippen molar-refractivity contribution in [2.75, 3.05) is 7.11 Å². The molecule has 0 saturated heterocycles. The van der Waals surface area contributed by atoms with E-state index in [4.69, 9.17) is 4.74 Å². The maximum atomic E-state index is 11.7. The molecule has 0 spiro atoms. The van der Waals surface area contributed by atoms with Crippen molar-refractivity contribution in [3.05, 3.63) is 35.6 Å². The Morgan fingerprint density at radius 2 is 1.90 bits per heavy atom. The third-order valence-corrected chi connectivity index (χ3v) is 2.85. The van der Waals surface area contributed by atoms with Gasteiger partial charge in [0, 0.05) is 0 Å². The zero-order valence-electron chi connectivity index (χ0n) is 10.4. The van der Waals surface area contributed by atoms with Crippen molar-refractivity contribution in [3.63, 3.8) is 0 Å². The van der Waals surface area contributed by atoms with Crippen LogP contribution in [0.1, 0.15) is 5.56 Å². The molecular weight excluding hydrogens is 268 g/mol. The van der Waals surface area contributed by atoms with E-state index in [1.54, 1.807) is 0 Å². The number of hydrogen-bond donors (Lipinski definition) is 3. The largest absolute Gasteiger partial charge is 0.508 e. The number of carbonyl (C=O) groups excluding carboxylic acids is 2. The van der Waals surface area contributed by atoms with E-state index in [1.165, 1.54) is 24.3 Å². The highest BCUT2D eigenvalue weighted by molar-refractivity contribution is 6.19. The summed E-state index contributed by atoms with van der Waals surface area (Å²) >= 11 is 0. The van der Waals surface area contributed by atoms with E-state index in [9.17, 15) is 24.9 Å². The number of cyclic esters (lactones) is 1. The molecule has 0 fully saturated rings. The van der Waals surface area contributed by atoms with Gasteiger partial charge in [-0.15, -0.1) is 0 Å². The van der Waals surface area contributed by atoms with Crippen LogP contribution in [0.3, 0.4) is 0 Å². The average molecular weight is 280 g/mol. The van der Waals surface area contributed by atoms with E-state index in [1.807, 2.05) is 0 Å². The first kappa shape index (κ1) is 13.9. The summed E-state index contributed by atoms with van der Waals surface area (Å²) in [4.78, 5) is 22.9. The maximum Gasteiger partial charge on any atom is 0.343 e. The molecule has 7 nitrogen and oxygen atoms in total. The number of aromatic hydroxyl groups is 1. The molecule has 0 aliphatic carbocycles. The summed E-state index contributed by atoms with van der Waals surface area (Å²) in [6, 6.07) is 5.45. The number of aliphatic hydroxyl groups excluding tert-OH is 2. The standard InChI is InChI=1S/C13H12O7/c1-19-13(18)10(16)11-9(15)8(12(17)20-11)6-2-4-7(14)5-3-6/h2-5,10-11,14-16H,1H3/t10-,11+/m1/s1. The highest BCUT2D eigenvalue weighted by Gasteiger charge is 2.42. The summed E-state index contributed by atoms with van der Waals surface area (Å²) in [7, 11) is 1.06. The Morgan fingerprint density at radius 3 is 2.45 bits per heavy atom. The number of phenolic OH excluding ortho intramolecular Hbond substituents is 1. The molecule has 1 aliphatic heterocycles. The second-order valence-corrected chi connectivity index (χ2v) is 4.10. The van der Waals surface area contributed by atoms with Crippen molar-refractivity contribution in [1.82, 2.24) is 0 Å². The van der Waals surface area contributed by atoms with E-state index >= 15 is 0 Å². The predicted molar refractivity (Wildman–Crippen MR) is 65.6 cm³/mol. The summed E-state index contributed by atoms with van der Waals surface area (Å²) in [5.74, 6) is -2.47. The van der Waals surface area contributed by atoms with Gasteiger partial charge in [0.05, 0.1) is 7.11 Å². The SMILES string of the molecule is COC(=O)[C@H](O)[C@H]1OC(=O)C(c2ccc(O)cc2)=C1O. The number of methoxy groups -OCH3 is 1. The van der Waals surface area contributed by atoms with Crippen LogP contribution in [0.25, 0.3) is 5.57 Å². The fourth-order valence-corrected chi connectivity index (χ4v) is 1.83. The number of benzene rings is 1. The lowest BCUT2D eigenvalue weighted by molar-refractivity contribution is -0.161. The zero-order chi connectivity index (χ0) is 14.9. The second-order valence-electron chi connectivity index (χ2n) is 4.10. The van der Waals surface area contributed by atoms with Crippen LogP contribution in [0, 0.1) is 0 Å². The van der Waals surface area contributed by atoms with Gasteiger partial charge in [0.2, 0.25) is 0 Å². The maximum absolute atomic E-state index is 11.7. The molecule has 1 aliphatic rings. The van der Waals surface area contributed by atoms with Gasteiger partial charge in [0.15, 0.2) is 18.0 Å². The number of esters is 2. The summed E-state index contributed by atoms with van der Waals surface area (Å²) in [5.41, 5.74) is 0.128. The number of carbonyl (C=O) groups is 2. The number of phenols is 1. The molecular formula is C13H12O7. The van der Waals surface area contributed by atoms with E-state index in [0.717, 1.165) is 7.11 Å². The van der Waals surface area contributed by atoms with Gasteiger partial charge < -0.3 is 24.8 Å². The van der Waals surface area contributed by atoms with Crippen LogP contribution < -0.4 is 0 Å². The topological polar surface area (TPSA) is 113 Å². The number of ether oxygens (including phenoxy) is 2. The smallest absolute Gasteiger partial charge is 0.343 e. The molecule has 106 valence electrons. The molecule has 1 heterocycles. The Labute approximate surface area is 113 Å². The lowest BCUT2D eigenvalue weighted by atomic mass is 10.0. The van der Waals surface area contributed by atoms with E-state index in [-0.39, 0.29) is 11.3 Å². The third-order valence-electron chi connectivity index (χ3n) is 2.85. The Bertz CT molecular complexity index is 573. The molecule has 0 aromatic heterocycles. The van der Waals surface area contributed by atoms with Gasteiger partial charge in [-0.3, -0.25) is 0 Å². The molecule has 0 unspecified atom stereocenters. The first-order valence-corrected chi connectivity index (χ1v) is 5.65. The number of rotatable bonds is 3. The molecule has 20 heavy (non-hydrogen) atoms. The highest BCUT2D eigenvalue weighted by atomic mass is 16.6. The summed E-state index contributed by atoms with van der Waals surface area (Å²) in [6.45, 7) is 0. The van der Waals surface area contributed by atoms with Crippen molar-refractivity contribution in [2.24, 2.45) is 0 Å². The minimum Gasteiger partial charge on any atom is -0.508 e. The van der Waals surface area contributed by atoms with Crippen molar-refractivity contribution < 1.29 is 34.4 Å². The molecule has 0 amide bonds. The molecule has 7 heteroatoms. The molecule has 1 aromatic carbocycles. The van der Waals surface area contributed by atoms with Crippen LogP contribution >= 0.6 is 0 Å². The highest BCUT2D eigenvalue weighted by Crippen LogP contribution is 2.31. The van der Waals surface area contributed by atoms with Crippen LogP contribution in [0.15, 0.2) is 30.0 Å². The van der Waals surface area contributed by atoms with E-state index < -0.39 is 29.9 Å². The lowest BCUT2D eigenvalue weighted by Crippen LogP contribution is -2.36. The van der Waals surface area contributed by atoms with Crippen LogP contribution in [-0.4, -0.2) is 46.6 Å². The van der Waals surface area contributed by atoms with Gasteiger partial charge in [0.1, 0.15) is 11.3 Å². The van der Waals surface area contributed by atoms with Gasteiger partial charge in [0.25, 0.3) is 0 Å². The number of hydrogen-bond acceptors (Lipinski definition) is 7. The fourth-order valence-electron chi connectivity index (χ4n) is 1.83. The summed E-state index contributed by atoms with van der Waals surface area (Å²) in [5, 5.41) is 28.8. The second kappa shape index (κ2) is 5.22. The van der Waals surface area contributed by atoms with Gasteiger partial charge >= 0.3 is 11.9 Å². The molecule has 1 aromatic rings. The predicted octanol–water partition coefficient (Wildman–Crippen LogP) is 0.121. The average Bonchev–Trinajstić information content (AvgIpc) is 2.73. The molecule has 0 bridgehead atoms. The first-order valence-electron chi connectivity index (χ1n) is 5.65. The van der Waals surface area contributed by atoms with Crippen molar-refractivity contribution in [2.45, 2.75) is 12.2 Å². The monoisotopic (exact) mass is 280 g/mol. The van der Waals surface area contributed by atoms with Crippen LogP contribution in [0.4, 0.5) is 0 Å². The Kier molecular flexibility index (Phi) is 3.62. The Balaban J connectivity index is 2.37. The third kappa shape index (κ3) is 2.30. The normalized spacial score (nSPS) is 19.7.